The van der Waals surface area contributed by atoms with Crippen molar-refractivity contribution in [3.63, 3.8) is 0 Å². The number of benzene rings is 2. The third-order valence-electron chi connectivity index (χ3n) is 6.55. The molecule has 4 rings (SSSR count). The number of rotatable bonds is 6. The number of fused-ring (bicyclic) bond motifs is 1. The molecule has 1 fully saturated rings. The molecule has 0 bridgehead atoms. The Morgan fingerprint density at radius 3 is 2.39 bits per heavy atom. The summed E-state index contributed by atoms with van der Waals surface area (Å²) in [6, 6.07) is 16.2. The Kier molecular flexibility index (Phi) is 7.03. The van der Waals surface area contributed by atoms with Gasteiger partial charge in [-0.3, -0.25) is 14.5 Å². The van der Waals surface area contributed by atoms with Crippen molar-refractivity contribution in [2.45, 2.75) is 51.6 Å². The quantitative estimate of drug-likeness (QED) is 0.780. The third kappa shape index (κ3) is 5.16. The van der Waals surface area contributed by atoms with E-state index in [1.54, 1.807) is 0 Å². The Morgan fingerprint density at radius 2 is 1.65 bits per heavy atom. The second-order valence-corrected chi connectivity index (χ2v) is 8.65. The summed E-state index contributed by atoms with van der Waals surface area (Å²) in [5, 5.41) is 3.04. The van der Waals surface area contributed by atoms with Crippen LogP contribution in [0.25, 0.3) is 0 Å². The highest BCUT2D eigenvalue weighted by Gasteiger charge is 2.36. The van der Waals surface area contributed by atoms with E-state index in [1.165, 1.54) is 17.5 Å². The number of amides is 2. The van der Waals surface area contributed by atoms with Crippen molar-refractivity contribution in [2.75, 3.05) is 26.2 Å². The number of hydrogen-bond acceptors (Lipinski definition) is 3. The van der Waals surface area contributed by atoms with Gasteiger partial charge in [0.15, 0.2) is 0 Å². The van der Waals surface area contributed by atoms with Gasteiger partial charge < -0.3 is 10.2 Å². The number of piperidine rings is 1. The minimum absolute atomic E-state index is 0.0320. The first-order valence-electron chi connectivity index (χ1n) is 11.6. The van der Waals surface area contributed by atoms with Crippen LogP contribution in [0, 0.1) is 0 Å². The van der Waals surface area contributed by atoms with Gasteiger partial charge in [0.25, 0.3) is 0 Å². The van der Waals surface area contributed by atoms with Crippen LogP contribution in [-0.2, 0) is 29.0 Å². The van der Waals surface area contributed by atoms with Crippen molar-refractivity contribution in [2.24, 2.45) is 0 Å². The van der Waals surface area contributed by atoms with Crippen LogP contribution >= 0.6 is 0 Å². The molecule has 0 spiro atoms. The molecule has 0 radical (unpaired) electrons. The molecule has 1 saturated heterocycles. The first kappa shape index (κ1) is 21.6. The average molecular weight is 420 g/mol. The summed E-state index contributed by atoms with van der Waals surface area (Å²) in [4.78, 5) is 30.3. The van der Waals surface area contributed by atoms with Gasteiger partial charge in [-0.15, -0.1) is 0 Å². The highest BCUT2D eigenvalue weighted by atomic mass is 16.2. The molecule has 0 saturated carbocycles. The maximum atomic E-state index is 13.5. The van der Waals surface area contributed by atoms with Crippen molar-refractivity contribution in [3.05, 3.63) is 70.8 Å². The van der Waals surface area contributed by atoms with Crippen LogP contribution in [0.5, 0.6) is 0 Å². The molecule has 0 aromatic heterocycles. The Balaban J connectivity index is 1.44. The number of aryl methyl sites for hydroxylation is 1. The monoisotopic (exact) mass is 419 g/mol. The van der Waals surface area contributed by atoms with E-state index in [0.29, 0.717) is 6.54 Å². The zero-order valence-electron chi connectivity index (χ0n) is 18.5. The van der Waals surface area contributed by atoms with Crippen LogP contribution in [0.4, 0.5) is 0 Å². The molecular formula is C26H33N3O2. The SMILES string of the molecule is CCc1ccc(CNC(=O)CN2CCc3ccccc3[C@@H]2C(=O)N2CCCCC2)cc1. The summed E-state index contributed by atoms with van der Waals surface area (Å²) in [6.45, 7) is 5.26. The van der Waals surface area contributed by atoms with Crippen molar-refractivity contribution < 1.29 is 9.59 Å². The summed E-state index contributed by atoms with van der Waals surface area (Å²) >= 11 is 0. The summed E-state index contributed by atoms with van der Waals surface area (Å²) in [6.07, 6.45) is 5.20. The van der Waals surface area contributed by atoms with E-state index >= 15 is 0 Å². The Labute approximate surface area is 185 Å². The van der Waals surface area contributed by atoms with E-state index in [1.807, 2.05) is 17.0 Å². The Bertz CT molecular complexity index is 903. The van der Waals surface area contributed by atoms with Crippen molar-refractivity contribution in [3.8, 4) is 0 Å². The topological polar surface area (TPSA) is 52.7 Å². The zero-order valence-corrected chi connectivity index (χ0v) is 18.5. The summed E-state index contributed by atoms with van der Waals surface area (Å²) < 4.78 is 0. The fourth-order valence-electron chi connectivity index (χ4n) is 4.70. The Hall–Kier alpha value is -2.66. The molecule has 31 heavy (non-hydrogen) atoms. The molecule has 2 aliphatic rings. The second-order valence-electron chi connectivity index (χ2n) is 8.65. The minimum atomic E-state index is -0.363. The van der Waals surface area contributed by atoms with Gasteiger partial charge in [0, 0.05) is 26.2 Å². The normalized spacial score (nSPS) is 19.0. The van der Waals surface area contributed by atoms with E-state index in [4.69, 9.17) is 0 Å². The van der Waals surface area contributed by atoms with E-state index in [2.05, 4.69) is 53.5 Å². The van der Waals surface area contributed by atoms with Gasteiger partial charge in [0.05, 0.1) is 6.54 Å². The molecule has 2 aromatic carbocycles. The van der Waals surface area contributed by atoms with Gasteiger partial charge in [0.1, 0.15) is 6.04 Å². The summed E-state index contributed by atoms with van der Waals surface area (Å²) in [5.41, 5.74) is 4.68. The van der Waals surface area contributed by atoms with Crippen LogP contribution in [0.2, 0.25) is 0 Å². The lowest BCUT2D eigenvalue weighted by Crippen LogP contribution is -2.50. The summed E-state index contributed by atoms with van der Waals surface area (Å²) in [7, 11) is 0. The third-order valence-corrected chi connectivity index (χ3v) is 6.55. The standard InChI is InChI=1S/C26H33N3O2/c1-2-20-10-12-21(13-11-20)18-27-24(30)19-29-17-14-22-8-4-5-9-23(22)25(29)26(31)28-15-6-3-7-16-28/h4-5,8-13,25H,2-3,6-7,14-19H2,1H3,(H,27,30)/t25-/m1/s1. The average Bonchev–Trinajstić information content (AvgIpc) is 2.83. The molecule has 1 atom stereocenters. The van der Waals surface area contributed by atoms with Crippen LogP contribution in [0.15, 0.2) is 48.5 Å². The van der Waals surface area contributed by atoms with Gasteiger partial charge in [-0.2, -0.15) is 0 Å². The largest absolute Gasteiger partial charge is 0.351 e. The maximum Gasteiger partial charge on any atom is 0.244 e. The van der Waals surface area contributed by atoms with Gasteiger partial charge >= 0.3 is 0 Å². The number of likely N-dealkylation sites (tertiary alicyclic amines) is 1. The van der Waals surface area contributed by atoms with Gasteiger partial charge in [-0.1, -0.05) is 55.5 Å². The number of nitrogens with zero attached hydrogens (tertiary/aromatic N) is 2. The first-order valence-corrected chi connectivity index (χ1v) is 11.6. The van der Waals surface area contributed by atoms with E-state index in [9.17, 15) is 9.59 Å². The van der Waals surface area contributed by atoms with E-state index < -0.39 is 0 Å². The second kappa shape index (κ2) is 10.1. The molecule has 2 heterocycles. The lowest BCUT2D eigenvalue weighted by atomic mass is 9.91. The van der Waals surface area contributed by atoms with Crippen molar-refractivity contribution in [1.29, 1.82) is 0 Å². The molecule has 5 nitrogen and oxygen atoms in total. The van der Waals surface area contributed by atoms with Crippen molar-refractivity contribution in [1.82, 2.24) is 15.1 Å². The fraction of sp³-hybridized carbons (Fsp3) is 0.462. The molecule has 0 aliphatic carbocycles. The summed E-state index contributed by atoms with van der Waals surface area (Å²) in [5.74, 6) is 0.116. The highest BCUT2D eigenvalue weighted by Crippen LogP contribution is 2.32. The number of carbonyl (C=O) groups excluding carboxylic acids is 2. The lowest BCUT2D eigenvalue weighted by molar-refractivity contribution is -0.139. The lowest BCUT2D eigenvalue weighted by Gasteiger charge is -2.39. The van der Waals surface area contributed by atoms with Gasteiger partial charge in [-0.05, 0) is 54.4 Å². The fourth-order valence-corrected chi connectivity index (χ4v) is 4.70. The maximum absolute atomic E-state index is 13.5. The Morgan fingerprint density at radius 1 is 0.935 bits per heavy atom. The molecule has 2 amide bonds. The zero-order chi connectivity index (χ0) is 21.6. The van der Waals surface area contributed by atoms with Crippen molar-refractivity contribution >= 4 is 11.8 Å². The number of hydrogen-bond donors (Lipinski definition) is 1. The minimum Gasteiger partial charge on any atom is -0.351 e. The molecule has 1 N–H and O–H groups in total. The highest BCUT2D eigenvalue weighted by molar-refractivity contribution is 5.85. The molecule has 0 unspecified atom stereocenters. The molecule has 2 aromatic rings. The molecule has 5 heteroatoms. The van der Waals surface area contributed by atoms with Gasteiger partial charge in [-0.25, -0.2) is 0 Å². The van der Waals surface area contributed by atoms with E-state index in [-0.39, 0.29) is 24.4 Å². The number of carbonyl (C=O) groups is 2. The van der Waals surface area contributed by atoms with Crippen LogP contribution < -0.4 is 5.32 Å². The van der Waals surface area contributed by atoms with Crippen LogP contribution in [-0.4, -0.2) is 47.8 Å². The smallest absolute Gasteiger partial charge is 0.244 e. The van der Waals surface area contributed by atoms with Gasteiger partial charge in [0.2, 0.25) is 11.8 Å². The predicted molar refractivity (Wildman–Crippen MR) is 123 cm³/mol. The number of nitrogens with one attached hydrogen (secondary N) is 1. The predicted octanol–water partition coefficient (Wildman–Crippen LogP) is 3.48. The molecule has 164 valence electrons. The first-order chi connectivity index (χ1) is 15.2. The molecular weight excluding hydrogens is 386 g/mol. The van der Waals surface area contributed by atoms with E-state index in [0.717, 1.165) is 56.4 Å². The van der Waals surface area contributed by atoms with Crippen LogP contribution in [0.1, 0.15) is 54.5 Å². The van der Waals surface area contributed by atoms with Crippen LogP contribution in [0.3, 0.4) is 0 Å². The molecule has 2 aliphatic heterocycles.